The number of carbonyl (C=O) groups is 1. The van der Waals surface area contributed by atoms with E-state index >= 15 is 0 Å². The second-order valence-corrected chi connectivity index (χ2v) is 5.42. The Labute approximate surface area is 133 Å². The zero-order valence-electron chi connectivity index (χ0n) is 12.4. The van der Waals surface area contributed by atoms with Gasteiger partial charge in [-0.3, -0.25) is 4.79 Å². The normalized spacial score (nSPS) is 13.7. The molecule has 2 heterocycles. The Morgan fingerprint density at radius 1 is 1.26 bits per heavy atom. The Bertz CT molecular complexity index is 761. The quantitative estimate of drug-likeness (QED) is 0.779. The Morgan fingerprint density at radius 2 is 2.04 bits per heavy atom. The molecule has 3 rings (SSSR count). The summed E-state index contributed by atoms with van der Waals surface area (Å²) in [6, 6.07) is 7.50. The first-order valence-electron chi connectivity index (χ1n) is 7.35. The fourth-order valence-electron chi connectivity index (χ4n) is 2.28. The molecule has 0 spiro atoms. The minimum atomic E-state index is -0.512. The SMILES string of the molecule is N#Cc1ccc(Nc2cc(NC3CCC3)c(C(N)=O)cn2)nc1. The summed E-state index contributed by atoms with van der Waals surface area (Å²) in [6.07, 6.45) is 6.29. The number of pyridine rings is 2. The first kappa shape index (κ1) is 14.8. The molecule has 0 bridgehead atoms. The Hall–Kier alpha value is -3.14. The highest BCUT2D eigenvalue weighted by Crippen LogP contribution is 2.27. The van der Waals surface area contributed by atoms with Gasteiger partial charge in [-0.2, -0.15) is 5.26 Å². The van der Waals surface area contributed by atoms with Gasteiger partial charge in [-0.15, -0.1) is 0 Å². The number of carbonyl (C=O) groups excluding carboxylic acids is 1. The summed E-state index contributed by atoms with van der Waals surface area (Å²) in [7, 11) is 0. The lowest BCUT2D eigenvalue weighted by molar-refractivity contribution is 0.100. The van der Waals surface area contributed by atoms with Crippen molar-refractivity contribution in [2.45, 2.75) is 25.3 Å². The van der Waals surface area contributed by atoms with Crippen LogP contribution in [-0.2, 0) is 0 Å². The summed E-state index contributed by atoms with van der Waals surface area (Å²) in [4.78, 5) is 19.9. The highest BCUT2D eigenvalue weighted by molar-refractivity contribution is 5.98. The maximum atomic E-state index is 11.5. The number of primary amides is 1. The molecule has 1 saturated carbocycles. The lowest BCUT2D eigenvalue weighted by Crippen LogP contribution is -2.28. The molecule has 116 valence electrons. The standard InChI is InChI=1S/C16H16N6O/c17-7-10-4-5-14(19-8-10)22-15-6-13(21-11-2-1-3-11)12(9-20-15)16(18)23/h4-6,8-9,11H,1-3H2,(H2,18,23)(H2,19,20,21,22). The van der Waals surface area contributed by atoms with Gasteiger partial charge in [-0.05, 0) is 31.4 Å². The number of nitrogens with zero attached hydrogens (tertiary/aromatic N) is 3. The van der Waals surface area contributed by atoms with Crippen molar-refractivity contribution in [3.63, 3.8) is 0 Å². The van der Waals surface area contributed by atoms with Crippen LogP contribution in [0.2, 0.25) is 0 Å². The number of nitrogens with one attached hydrogen (secondary N) is 2. The highest BCUT2D eigenvalue weighted by atomic mass is 16.1. The van der Waals surface area contributed by atoms with Crippen LogP contribution in [0.1, 0.15) is 35.2 Å². The molecule has 1 aliphatic rings. The summed E-state index contributed by atoms with van der Waals surface area (Å²) in [5.41, 5.74) is 6.93. The number of nitrogens with two attached hydrogens (primary N) is 1. The van der Waals surface area contributed by atoms with E-state index in [9.17, 15) is 4.79 Å². The third kappa shape index (κ3) is 3.37. The third-order valence-corrected chi connectivity index (χ3v) is 3.78. The van der Waals surface area contributed by atoms with Gasteiger partial charge >= 0.3 is 0 Å². The predicted octanol–water partition coefficient (Wildman–Crippen LogP) is 2.16. The zero-order chi connectivity index (χ0) is 16.2. The average molecular weight is 308 g/mol. The molecule has 1 amide bonds. The first-order chi connectivity index (χ1) is 11.2. The van der Waals surface area contributed by atoms with Crippen molar-refractivity contribution in [3.05, 3.63) is 41.7 Å². The van der Waals surface area contributed by atoms with Crippen LogP contribution in [0, 0.1) is 11.3 Å². The Kier molecular flexibility index (Phi) is 4.06. The minimum absolute atomic E-state index is 0.371. The average Bonchev–Trinajstić information content (AvgIpc) is 2.51. The molecule has 23 heavy (non-hydrogen) atoms. The molecule has 7 heteroatoms. The van der Waals surface area contributed by atoms with Crippen molar-refractivity contribution >= 4 is 23.2 Å². The number of hydrogen-bond donors (Lipinski definition) is 3. The van der Waals surface area contributed by atoms with Crippen LogP contribution in [-0.4, -0.2) is 21.9 Å². The lowest BCUT2D eigenvalue weighted by Gasteiger charge is -2.28. The van der Waals surface area contributed by atoms with Crippen LogP contribution in [0.15, 0.2) is 30.6 Å². The molecular formula is C16H16N6O. The van der Waals surface area contributed by atoms with E-state index in [0.29, 0.717) is 34.5 Å². The van der Waals surface area contributed by atoms with Crippen molar-refractivity contribution in [1.82, 2.24) is 9.97 Å². The maximum Gasteiger partial charge on any atom is 0.252 e. The van der Waals surface area contributed by atoms with E-state index in [1.54, 1.807) is 18.2 Å². The Balaban J connectivity index is 1.82. The van der Waals surface area contributed by atoms with Crippen LogP contribution in [0.25, 0.3) is 0 Å². The van der Waals surface area contributed by atoms with E-state index in [0.717, 1.165) is 12.8 Å². The summed E-state index contributed by atoms with van der Waals surface area (Å²) < 4.78 is 0. The summed E-state index contributed by atoms with van der Waals surface area (Å²) in [5, 5.41) is 15.2. The van der Waals surface area contributed by atoms with Gasteiger partial charge < -0.3 is 16.4 Å². The second kappa shape index (κ2) is 6.32. The van der Waals surface area contributed by atoms with E-state index in [-0.39, 0.29) is 0 Å². The molecule has 2 aromatic heterocycles. The minimum Gasteiger partial charge on any atom is -0.382 e. The van der Waals surface area contributed by atoms with Crippen molar-refractivity contribution in [2.24, 2.45) is 5.73 Å². The van der Waals surface area contributed by atoms with Gasteiger partial charge in [0.2, 0.25) is 0 Å². The zero-order valence-corrected chi connectivity index (χ0v) is 12.4. The van der Waals surface area contributed by atoms with Crippen molar-refractivity contribution in [1.29, 1.82) is 5.26 Å². The van der Waals surface area contributed by atoms with Gasteiger partial charge in [0.25, 0.3) is 5.91 Å². The molecule has 0 unspecified atom stereocenters. The van der Waals surface area contributed by atoms with Crippen LogP contribution >= 0.6 is 0 Å². The molecule has 2 aromatic rings. The number of rotatable bonds is 5. The van der Waals surface area contributed by atoms with E-state index in [4.69, 9.17) is 11.0 Å². The number of hydrogen-bond acceptors (Lipinski definition) is 6. The molecule has 4 N–H and O–H groups in total. The monoisotopic (exact) mass is 308 g/mol. The van der Waals surface area contributed by atoms with E-state index < -0.39 is 5.91 Å². The molecule has 1 aliphatic carbocycles. The molecular weight excluding hydrogens is 292 g/mol. The van der Waals surface area contributed by atoms with Gasteiger partial charge in [-0.1, -0.05) is 0 Å². The van der Waals surface area contributed by atoms with Crippen molar-refractivity contribution in [3.8, 4) is 6.07 Å². The second-order valence-electron chi connectivity index (χ2n) is 5.42. The van der Waals surface area contributed by atoms with Gasteiger partial charge in [-0.25, -0.2) is 9.97 Å². The third-order valence-electron chi connectivity index (χ3n) is 3.78. The number of aromatic nitrogens is 2. The van der Waals surface area contributed by atoms with Gasteiger partial charge in [0.05, 0.1) is 16.8 Å². The summed E-state index contributed by atoms with van der Waals surface area (Å²) >= 11 is 0. The van der Waals surface area contributed by atoms with Crippen LogP contribution < -0.4 is 16.4 Å². The summed E-state index contributed by atoms with van der Waals surface area (Å²) in [6.45, 7) is 0. The number of nitriles is 1. The number of amides is 1. The van der Waals surface area contributed by atoms with Gasteiger partial charge in [0.1, 0.15) is 17.7 Å². The predicted molar refractivity (Wildman–Crippen MR) is 86.3 cm³/mol. The van der Waals surface area contributed by atoms with Crippen LogP contribution in [0.4, 0.5) is 17.3 Å². The first-order valence-corrected chi connectivity index (χ1v) is 7.35. The van der Waals surface area contributed by atoms with E-state index in [1.807, 2.05) is 6.07 Å². The largest absolute Gasteiger partial charge is 0.382 e. The molecule has 0 aliphatic heterocycles. The molecule has 0 saturated heterocycles. The summed E-state index contributed by atoms with van der Waals surface area (Å²) in [5.74, 6) is 0.606. The lowest BCUT2D eigenvalue weighted by atomic mass is 9.93. The van der Waals surface area contributed by atoms with Gasteiger partial charge in [0, 0.05) is 24.5 Å². The highest BCUT2D eigenvalue weighted by Gasteiger charge is 2.20. The maximum absolute atomic E-state index is 11.5. The molecule has 7 nitrogen and oxygen atoms in total. The Morgan fingerprint density at radius 3 is 2.61 bits per heavy atom. The van der Waals surface area contributed by atoms with Crippen molar-refractivity contribution in [2.75, 3.05) is 10.6 Å². The molecule has 0 radical (unpaired) electrons. The molecule has 1 fully saturated rings. The van der Waals surface area contributed by atoms with E-state index in [2.05, 4.69) is 20.6 Å². The van der Waals surface area contributed by atoms with Crippen molar-refractivity contribution < 1.29 is 4.79 Å². The van der Waals surface area contributed by atoms with E-state index in [1.165, 1.54) is 18.8 Å². The topological polar surface area (TPSA) is 117 Å². The molecule has 0 aromatic carbocycles. The van der Waals surface area contributed by atoms with Crippen LogP contribution in [0.3, 0.4) is 0 Å². The van der Waals surface area contributed by atoms with Gasteiger partial charge in [0.15, 0.2) is 0 Å². The van der Waals surface area contributed by atoms with Crippen LogP contribution in [0.5, 0.6) is 0 Å². The smallest absolute Gasteiger partial charge is 0.252 e. The fraction of sp³-hybridized carbons (Fsp3) is 0.250. The molecule has 0 atom stereocenters. The fourth-order valence-corrected chi connectivity index (χ4v) is 2.28. The number of anilines is 3.